The van der Waals surface area contributed by atoms with Gasteiger partial charge in [0.2, 0.25) is 0 Å². The zero-order chi connectivity index (χ0) is 16.1. The number of nitrogens with zero attached hydrogens (tertiary/aromatic N) is 2. The Kier molecular flexibility index (Phi) is 4.71. The summed E-state index contributed by atoms with van der Waals surface area (Å²) in [5.41, 5.74) is 5.92. The number of amides is 1. The Bertz CT molecular complexity index is 721. The van der Waals surface area contributed by atoms with E-state index in [9.17, 15) is 4.79 Å². The number of benzene rings is 1. The molecule has 0 atom stereocenters. The van der Waals surface area contributed by atoms with E-state index in [1.165, 1.54) is 0 Å². The molecule has 6 heteroatoms. The van der Waals surface area contributed by atoms with Crippen LogP contribution in [0.4, 0.5) is 0 Å². The topological polar surface area (TPSA) is 79.4 Å². The molecule has 0 unspecified atom stereocenters. The fourth-order valence-corrected chi connectivity index (χ4v) is 2.76. The van der Waals surface area contributed by atoms with Crippen molar-refractivity contribution in [3.63, 3.8) is 0 Å². The molecule has 0 radical (unpaired) electrons. The number of ether oxygens (including phenoxy) is 1. The summed E-state index contributed by atoms with van der Waals surface area (Å²) in [6.45, 7) is 2.51. The molecule has 1 aliphatic carbocycles. The average molecular weight is 312 g/mol. The quantitative estimate of drug-likeness (QED) is 0.657. The second-order valence-corrected chi connectivity index (χ2v) is 5.41. The van der Waals surface area contributed by atoms with E-state index in [4.69, 9.17) is 4.74 Å². The van der Waals surface area contributed by atoms with E-state index < -0.39 is 0 Å². The van der Waals surface area contributed by atoms with Gasteiger partial charge in [-0.3, -0.25) is 9.89 Å². The van der Waals surface area contributed by atoms with Crippen LogP contribution >= 0.6 is 0 Å². The molecule has 120 valence electrons. The van der Waals surface area contributed by atoms with Crippen molar-refractivity contribution in [1.29, 1.82) is 0 Å². The second kappa shape index (κ2) is 7.09. The molecule has 1 aliphatic rings. The summed E-state index contributed by atoms with van der Waals surface area (Å²) in [6, 6.07) is 7.56. The Hall–Kier alpha value is -2.63. The van der Waals surface area contributed by atoms with Gasteiger partial charge in [-0.2, -0.15) is 10.2 Å². The maximum absolute atomic E-state index is 12.2. The molecule has 1 heterocycles. The summed E-state index contributed by atoms with van der Waals surface area (Å²) < 4.78 is 5.52. The summed E-state index contributed by atoms with van der Waals surface area (Å²) in [5, 5.41) is 11.1. The van der Waals surface area contributed by atoms with Crippen LogP contribution in [0, 0.1) is 0 Å². The van der Waals surface area contributed by atoms with E-state index >= 15 is 0 Å². The van der Waals surface area contributed by atoms with Crippen LogP contribution in [0.5, 0.6) is 5.75 Å². The molecule has 0 saturated carbocycles. The van der Waals surface area contributed by atoms with Crippen molar-refractivity contribution < 1.29 is 9.53 Å². The van der Waals surface area contributed by atoms with E-state index in [-0.39, 0.29) is 5.91 Å². The van der Waals surface area contributed by atoms with Crippen LogP contribution in [0.15, 0.2) is 29.4 Å². The van der Waals surface area contributed by atoms with Crippen molar-refractivity contribution >= 4 is 12.1 Å². The van der Waals surface area contributed by atoms with Gasteiger partial charge in [0.1, 0.15) is 5.75 Å². The summed E-state index contributed by atoms with van der Waals surface area (Å²) in [7, 11) is 0. The van der Waals surface area contributed by atoms with Crippen LogP contribution in [-0.4, -0.2) is 28.9 Å². The molecule has 6 nitrogen and oxygen atoms in total. The minimum absolute atomic E-state index is 0.283. The average Bonchev–Trinajstić information content (AvgIpc) is 3.01. The van der Waals surface area contributed by atoms with Crippen molar-refractivity contribution in [3.8, 4) is 5.75 Å². The van der Waals surface area contributed by atoms with Gasteiger partial charge in [-0.15, -0.1) is 0 Å². The van der Waals surface area contributed by atoms with Crippen molar-refractivity contribution in [1.82, 2.24) is 15.6 Å². The minimum atomic E-state index is -0.283. The fraction of sp³-hybridized carbons (Fsp3) is 0.353. The van der Waals surface area contributed by atoms with Crippen molar-refractivity contribution in [3.05, 3.63) is 46.8 Å². The molecule has 2 aromatic rings. The van der Waals surface area contributed by atoms with Gasteiger partial charge in [0.15, 0.2) is 5.69 Å². The molecule has 2 N–H and O–H groups in total. The summed E-state index contributed by atoms with van der Waals surface area (Å²) >= 11 is 0. The first kappa shape index (κ1) is 15.3. The number of carbonyl (C=O) groups excluding carboxylic acids is 1. The van der Waals surface area contributed by atoms with E-state index in [1.54, 1.807) is 6.21 Å². The summed E-state index contributed by atoms with van der Waals surface area (Å²) in [6.07, 6.45) is 5.68. The lowest BCUT2D eigenvalue weighted by Gasteiger charge is -2.10. The molecule has 1 aromatic carbocycles. The van der Waals surface area contributed by atoms with Gasteiger partial charge in [0.25, 0.3) is 5.91 Å². The number of aromatic amines is 1. The number of hydrogen-bond donors (Lipinski definition) is 2. The van der Waals surface area contributed by atoms with Crippen LogP contribution in [0.2, 0.25) is 0 Å². The number of carbonyl (C=O) groups is 1. The fourth-order valence-electron chi connectivity index (χ4n) is 2.76. The predicted octanol–water partition coefficient (Wildman–Crippen LogP) is 2.45. The van der Waals surface area contributed by atoms with Crippen LogP contribution in [-0.2, 0) is 12.8 Å². The number of para-hydroxylation sites is 1. The zero-order valence-electron chi connectivity index (χ0n) is 13.1. The first-order chi connectivity index (χ1) is 11.3. The minimum Gasteiger partial charge on any atom is -0.493 e. The molecule has 0 bridgehead atoms. The number of aromatic nitrogens is 2. The molecular weight excluding hydrogens is 292 g/mol. The molecule has 1 aromatic heterocycles. The number of H-pyrrole nitrogens is 1. The molecule has 0 aliphatic heterocycles. The van der Waals surface area contributed by atoms with Crippen LogP contribution in [0.1, 0.15) is 47.1 Å². The SMILES string of the molecule is CCOc1ccccc1/C=N\NC(=O)c1n[nH]c2c1CCCC2. The van der Waals surface area contributed by atoms with E-state index in [1.807, 2.05) is 31.2 Å². The monoisotopic (exact) mass is 312 g/mol. The lowest BCUT2D eigenvalue weighted by atomic mass is 9.96. The lowest BCUT2D eigenvalue weighted by Crippen LogP contribution is -2.20. The Morgan fingerprint density at radius 3 is 3.09 bits per heavy atom. The smallest absolute Gasteiger partial charge is 0.292 e. The Labute approximate surface area is 134 Å². The maximum Gasteiger partial charge on any atom is 0.292 e. The first-order valence-electron chi connectivity index (χ1n) is 7.91. The predicted molar refractivity (Wildman–Crippen MR) is 87.9 cm³/mol. The van der Waals surface area contributed by atoms with Crippen LogP contribution < -0.4 is 10.2 Å². The molecule has 0 saturated heterocycles. The number of hydrazone groups is 1. The number of nitrogens with one attached hydrogen (secondary N) is 2. The van der Waals surface area contributed by atoms with Crippen molar-refractivity contribution in [2.45, 2.75) is 32.6 Å². The number of hydrogen-bond acceptors (Lipinski definition) is 4. The lowest BCUT2D eigenvalue weighted by molar-refractivity contribution is 0.0949. The van der Waals surface area contributed by atoms with Gasteiger partial charge in [-0.25, -0.2) is 5.43 Å². The largest absolute Gasteiger partial charge is 0.493 e. The standard InChI is InChI=1S/C17H20N4O2/c1-2-23-15-10-6-3-7-12(15)11-18-21-17(22)16-13-8-4-5-9-14(13)19-20-16/h3,6-7,10-11H,2,4-5,8-9H2,1H3,(H,19,20)(H,21,22)/b18-11-. The third-order valence-corrected chi connectivity index (χ3v) is 3.86. The highest BCUT2D eigenvalue weighted by Gasteiger charge is 2.21. The highest BCUT2D eigenvalue weighted by atomic mass is 16.5. The number of aryl methyl sites for hydroxylation is 1. The summed E-state index contributed by atoms with van der Waals surface area (Å²) in [5.74, 6) is 0.458. The number of fused-ring (bicyclic) bond motifs is 1. The van der Waals surface area contributed by atoms with E-state index in [0.717, 1.165) is 48.3 Å². The number of rotatable bonds is 5. The van der Waals surface area contributed by atoms with Gasteiger partial charge in [-0.1, -0.05) is 12.1 Å². The van der Waals surface area contributed by atoms with Gasteiger partial charge < -0.3 is 4.74 Å². The highest BCUT2D eigenvalue weighted by molar-refractivity contribution is 5.95. The third kappa shape index (κ3) is 3.41. The Morgan fingerprint density at radius 1 is 1.39 bits per heavy atom. The van der Waals surface area contributed by atoms with Gasteiger partial charge in [0, 0.05) is 16.8 Å². The highest BCUT2D eigenvalue weighted by Crippen LogP contribution is 2.22. The van der Waals surface area contributed by atoms with Gasteiger partial charge in [-0.05, 0) is 44.7 Å². The van der Waals surface area contributed by atoms with Crippen LogP contribution in [0.3, 0.4) is 0 Å². The van der Waals surface area contributed by atoms with Gasteiger partial charge in [0.05, 0.1) is 12.8 Å². The first-order valence-corrected chi connectivity index (χ1v) is 7.91. The molecule has 1 amide bonds. The molecule has 3 rings (SSSR count). The van der Waals surface area contributed by atoms with E-state index in [2.05, 4.69) is 20.7 Å². The van der Waals surface area contributed by atoms with E-state index in [0.29, 0.717) is 12.3 Å². The Morgan fingerprint density at radius 2 is 2.22 bits per heavy atom. The molecule has 0 spiro atoms. The van der Waals surface area contributed by atoms with Gasteiger partial charge >= 0.3 is 0 Å². The summed E-state index contributed by atoms with van der Waals surface area (Å²) in [4.78, 5) is 12.2. The van der Waals surface area contributed by atoms with Crippen LogP contribution in [0.25, 0.3) is 0 Å². The Balaban J connectivity index is 1.68. The van der Waals surface area contributed by atoms with Crippen molar-refractivity contribution in [2.75, 3.05) is 6.61 Å². The van der Waals surface area contributed by atoms with Crippen molar-refractivity contribution in [2.24, 2.45) is 5.10 Å². The second-order valence-electron chi connectivity index (χ2n) is 5.41. The molecule has 0 fully saturated rings. The molecule has 23 heavy (non-hydrogen) atoms. The third-order valence-electron chi connectivity index (χ3n) is 3.86. The maximum atomic E-state index is 12.2. The normalized spacial score (nSPS) is 13.8. The molecular formula is C17H20N4O2. The zero-order valence-corrected chi connectivity index (χ0v) is 13.1.